The summed E-state index contributed by atoms with van der Waals surface area (Å²) in [6, 6.07) is 7.92. The number of pyridine rings is 1. The topological polar surface area (TPSA) is 76.5 Å². The van der Waals surface area contributed by atoms with Crippen LogP contribution in [0.15, 0.2) is 45.9 Å². The van der Waals surface area contributed by atoms with E-state index in [0.717, 1.165) is 5.56 Å². The van der Waals surface area contributed by atoms with Crippen molar-refractivity contribution in [2.45, 2.75) is 31.3 Å². The molecule has 118 valence electrons. The second-order valence-corrected chi connectivity index (χ2v) is 7.28. The summed E-state index contributed by atoms with van der Waals surface area (Å²) >= 11 is 3.25. The average molecular weight is 386 g/mol. The number of benzene rings is 1. The van der Waals surface area contributed by atoms with Crippen LogP contribution in [-0.2, 0) is 10.1 Å². The molecule has 1 N–H and O–H groups in total. The van der Waals surface area contributed by atoms with Gasteiger partial charge in [-0.1, -0.05) is 24.6 Å². The third kappa shape index (κ3) is 3.85. The summed E-state index contributed by atoms with van der Waals surface area (Å²) in [5.74, 6) is -0.113. The minimum Gasteiger partial charge on any atom is -0.388 e. The molecule has 7 heteroatoms. The average Bonchev–Trinajstić information content (AvgIpc) is 2.48. The maximum Gasteiger partial charge on any atom is 0.340 e. The fourth-order valence-corrected chi connectivity index (χ4v) is 3.09. The van der Waals surface area contributed by atoms with Gasteiger partial charge in [-0.15, -0.1) is 0 Å². The van der Waals surface area contributed by atoms with Crippen molar-refractivity contribution >= 4 is 26.0 Å². The second kappa shape index (κ2) is 6.76. The van der Waals surface area contributed by atoms with Crippen molar-refractivity contribution in [2.24, 2.45) is 0 Å². The van der Waals surface area contributed by atoms with Crippen LogP contribution in [-0.4, -0.2) is 18.5 Å². The fourth-order valence-electron chi connectivity index (χ4n) is 1.83. The summed E-state index contributed by atoms with van der Waals surface area (Å²) in [4.78, 5) is 4.01. The fraction of sp³-hybridized carbons (Fsp3) is 0.267. The van der Waals surface area contributed by atoms with Gasteiger partial charge in [0.1, 0.15) is 4.90 Å². The highest BCUT2D eigenvalue weighted by atomic mass is 79.9. The van der Waals surface area contributed by atoms with Crippen LogP contribution in [0.4, 0.5) is 0 Å². The Kier molecular flexibility index (Phi) is 5.20. The molecule has 0 saturated carbocycles. The van der Waals surface area contributed by atoms with E-state index in [4.69, 9.17) is 4.18 Å². The summed E-state index contributed by atoms with van der Waals surface area (Å²) in [6.07, 6.45) is 0.985. The van der Waals surface area contributed by atoms with E-state index < -0.39 is 16.2 Å². The van der Waals surface area contributed by atoms with Gasteiger partial charge in [0, 0.05) is 16.2 Å². The summed E-state index contributed by atoms with van der Waals surface area (Å²) in [7, 11) is -4.00. The summed E-state index contributed by atoms with van der Waals surface area (Å²) in [6.45, 7) is 3.65. The highest BCUT2D eigenvalue weighted by Crippen LogP contribution is 2.30. The Morgan fingerprint density at radius 2 is 1.95 bits per heavy atom. The monoisotopic (exact) mass is 385 g/mol. The lowest BCUT2D eigenvalue weighted by Crippen LogP contribution is -2.13. The smallest absolute Gasteiger partial charge is 0.340 e. The van der Waals surface area contributed by atoms with E-state index in [1.165, 1.54) is 18.3 Å². The SMILES string of the molecule is CCC(O)c1cc(Br)cnc1OS(=O)(=O)c1ccc(C)cc1. The summed E-state index contributed by atoms with van der Waals surface area (Å²) < 4.78 is 30.4. The van der Waals surface area contributed by atoms with Crippen molar-refractivity contribution in [3.8, 4) is 5.88 Å². The van der Waals surface area contributed by atoms with Crippen molar-refractivity contribution in [1.29, 1.82) is 0 Å². The highest BCUT2D eigenvalue weighted by Gasteiger charge is 2.22. The van der Waals surface area contributed by atoms with Gasteiger partial charge in [0.2, 0.25) is 5.88 Å². The zero-order valence-corrected chi connectivity index (χ0v) is 14.6. The molecule has 2 aromatic rings. The first-order valence-electron chi connectivity index (χ1n) is 6.68. The van der Waals surface area contributed by atoms with E-state index in [-0.39, 0.29) is 10.8 Å². The predicted octanol–water partition coefficient (Wildman–Crippen LogP) is 3.36. The summed E-state index contributed by atoms with van der Waals surface area (Å²) in [5, 5.41) is 10.0. The van der Waals surface area contributed by atoms with Crippen LogP contribution in [0.1, 0.15) is 30.6 Å². The number of nitrogens with zero attached hydrogens (tertiary/aromatic N) is 1. The first kappa shape index (κ1) is 16.9. The third-order valence-electron chi connectivity index (χ3n) is 3.09. The number of aliphatic hydroxyl groups excluding tert-OH is 1. The van der Waals surface area contributed by atoms with Gasteiger partial charge in [0.25, 0.3) is 0 Å². The van der Waals surface area contributed by atoms with Gasteiger partial charge in [-0.3, -0.25) is 0 Å². The number of hydrogen-bond donors (Lipinski definition) is 1. The molecule has 0 saturated heterocycles. The van der Waals surface area contributed by atoms with Gasteiger partial charge in [-0.25, -0.2) is 4.98 Å². The molecule has 0 aliphatic heterocycles. The van der Waals surface area contributed by atoms with Gasteiger partial charge >= 0.3 is 10.1 Å². The molecule has 0 amide bonds. The Hall–Kier alpha value is -1.44. The molecule has 0 radical (unpaired) electrons. The van der Waals surface area contributed by atoms with E-state index in [1.807, 2.05) is 6.92 Å². The number of aryl methyl sites for hydroxylation is 1. The Bertz CT molecular complexity index is 760. The van der Waals surface area contributed by atoms with E-state index in [9.17, 15) is 13.5 Å². The van der Waals surface area contributed by atoms with Gasteiger partial charge in [0.05, 0.1) is 6.10 Å². The van der Waals surface area contributed by atoms with Crippen molar-refractivity contribution in [1.82, 2.24) is 4.98 Å². The zero-order chi connectivity index (χ0) is 16.3. The van der Waals surface area contributed by atoms with Crippen LogP contribution >= 0.6 is 15.9 Å². The van der Waals surface area contributed by atoms with Gasteiger partial charge in [-0.2, -0.15) is 8.42 Å². The van der Waals surface area contributed by atoms with Gasteiger partial charge < -0.3 is 9.29 Å². The predicted molar refractivity (Wildman–Crippen MR) is 86.2 cm³/mol. The Balaban J connectivity index is 2.39. The Labute approximate surface area is 138 Å². The molecule has 1 unspecified atom stereocenters. The van der Waals surface area contributed by atoms with Crippen molar-refractivity contribution in [3.63, 3.8) is 0 Å². The molecule has 1 aromatic carbocycles. The van der Waals surface area contributed by atoms with Crippen LogP contribution in [0.5, 0.6) is 5.88 Å². The normalized spacial score (nSPS) is 12.9. The first-order valence-corrected chi connectivity index (χ1v) is 8.88. The number of aromatic nitrogens is 1. The van der Waals surface area contributed by atoms with Crippen LogP contribution in [0.3, 0.4) is 0 Å². The standard InChI is InChI=1S/C15H16BrNO4S/c1-3-14(18)13-8-11(16)9-17-15(13)21-22(19,20)12-6-4-10(2)5-7-12/h4-9,14,18H,3H2,1-2H3. The molecular formula is C15H16BrNO4S. The molecule has 1 aromatic heterocycles. The first-order chi connectivity index (χ1) is 10.3. The van der Waals surface area contributed by atoms with Crippen molar-refractivity contribution < 1.29 is 17.7 Å². The maximum atomic E-state index is 12.3. The van der Waals surface area contributed by atoms with E-state index in [0.29, 0.717) is 16.5 Å². The lowest BCUT2D eigenvalue weighted by atomic mass is 10.1. The highest BCUT2D eigenvalue weighted by molar-refractivity contribution is 9.10. The molecule has 5 nitrogen and oxygen atoms in total. The van der Waals surface area contributed by atoms with E-state index in [2.05, 4.69) is 20.9 Å². The zero-order valence-electron chi connectivity index (χ0n) is 12.2. The molecule has 0 aliphatic rings. The van der Waals surface area contributed by atoms with Crippen LogP contribution in [0, 0.1) is 6.92 Å². The van der Waals surface area contributed by atoms with Crippen LogP contribution < -0.4 is 4.18 Å². The summed E-state index contributed by atoms with van der Waals surface area (Å²) in [5.41, 5.74) is 1.27. The molecule has 0 bridgehead atoms. The van der Waals surface area contributed by atoms with Crippen LogP contribution in [0.2, 0.25) is 0 Å². The van der Waals surface area contributed by atoms with E-state index in [1.54, 1.807) is 25.1 Å². The lowest BCUT2D eigenvalue weighted by molar-refractivity contribution is 0.170. The minimum atomic E-state index is -4.00. The minimum absolute atomic E-state index is 0.0414. The van der Waals surface area contributed by atoms with Gasteiger partial charge in [-0.05, 0) is 47.5 Å². The molecule has 1 atom stereocenters. The lowest BCUT2D eigenvalue weighted by Gasteiger charge is -2.14. The number of aliphatic hydroxyl groups is 1. The molecule has 0 fully saturated rings. The Morgan fingerprint density at radius 1 is 1.32 bits per heavy atom. The molecule has 22 heavy (non-hydrogen) atoms. The Morgan fingerprint density at radius 3 is 2.55 bits per heavy atom. The van der Waals surface area contributed by atoms with Crippen LogP contribution in [0.25, 0.3) is 0 Å². The van der Waals surface area contributed by atoms with Crippen molar-refractivity contribution in [2.75, 3.05) is 0 Å². The quantitative estimate of drug-likeness (QED) is 0.798. The largest absolute Gasteiger partial charge is 0.388 e. The molecular weight excluding hydrogens is 370 g/mol. The maximum absolute atomic E-state index is 12.3. The van der Waals surface area contributed by atoms with Crippen molar-refractivity contribution in [3.05, 3.63) is 52.1 Å². The molecule has 0 aliphatic carbocycles. The van der Waals surface area contributed by atoms with Gasteiger partial charge in [0.15, 0.2) is 0 Å². The number of hydrogen-bond acceptors (Lipinski definition) is 5. The molecule has 0 spiro atoms. The third-order valence-corrected chi connectivity index (χ3v) is 4.75. The molecule has 1 heterocycles. The second-order valence-electron chi connectivity index (χ2n) is 4.82. The number of rotatable bonds is 5. The number of halogens is 1. The molecule has 2 rings (SSSR count). The van der Waals surface area contributed by atoms with E-state index >= 15 is 0 Å².